The van der Waals surface area contributed by atoms with Gasteiger partial charge in [0.25, 0.3) is 0 Å². The van der Waals surface area contributed by atoms with Gasteiger partial charge in [0.1, 0.15) is 5.75 Å². The Bertz CT molecular complexity index is 524. The molecule has 0 bridgehead atoms. The first kappa shape index (κ1) is 15.9. The zero-order valence-electron chi connectivity index (χ0n) is 13.5. The molecular weight excluding hydrogens is 256 g/mol. The van der Waals surface area contributed by atoms with Crippen molar-refractivity contribution in [2.45, 2.75) is 52.4 Å². The Labute approximate surface area is 129 Å². The van der Waals surface area contributed by atoms with Gasteiger partial charge in [-0.15, -0.1) is 0 Å². The number of rotatable bonds is 9. The highest BCUT2D eigenvalue weighted by molar-refractivity contribution is 5.83. The van der Waals surface area contributed by atoms with E-state index in [1.807, 2.05) is 0 Å². The van der Waals surface area contributed by atoms with E-state index in [4.69, 9.17) is 4.74 Å². The van der Waals surface area contributed by atoms with Crippen LogP contribution in [0.1, 0.15) is 52.4 Å². The summed E-state index contributed by atoms with van der Waals surface area (Å²) in [5.41, 5.74) is 0. The molecule has 0 atom stereocenters. The van der Waals surface area contributed by atoms with Gasteiger partial charge in [0.05, 0.1) is 6.61 Å². The molecule has 0 aliphatic rings. The number of benzene rings is 2. The molecule has 0 heterocycles. The van der Waals surface area contributed by atoms with Gasteiger partial charge in [0.15, 0.2) is 0 Å². The van der Waals surface area contributed by atoms with E-state index < -0.39 is 0 Å². The van der Waals surface area contributed by atoms with Crippen molar-refractivity contribution in [3.8, 4) is 5.75 Å². The molecule has 0 N–H and O–H groups in total. The second kappa shape index (κ2) is 8.71. The van der Waals surface area contributed by atoms with E-state index in [1.54, 1.807) is 0 Å². The molecule has 1 nitrogen and oxygen atoms in total. The molecule has 2 rings (SSSR count). The van der Waals surface area contributed by atoms with E-state index in [0.717, 1.165) is 12.4 Å². The lowest BCUT2D eigenvalue weighted by molar-refractivity contribution is 0.226. The largest absolute Gasteiger partial charge is 0.493 e. The zero-order valence-corrected chi connectivity index (χ0v) is 13.5. The summed E-state index contributed by atoms with van der Waals surface area (Å²) in [5, 5.41) is 2.53. The molecule has 0 saturated carbocycles. The van der Waals surface area contributed by atoms with Crippen LogP contribution < -0.4 is 4.74 Å². The third-order valence-corrected chi connectivity index (χ3v) is 4.14. The third-order valence-electron chi connectivity index (χ3n) is 4.14. The van der Waals surface area contributed by atoms with Crippen molar-refractivity contribution in [2.24, 2.45) is 5.92 Å². The molecule has 1 heteroatoms. The number of ether oxygens (including phenoxy) is 1. The van der Waals surface area contributed by atoms with Gasteiger partial charge in [-0.1, -0.05) is 69.9 Å². The Morgan fingerprint density at radius 1 is 0.857 bits per heavy atom. The van der Waals surface area contributed by atoms with Crippen LogP contribution in [-0.2, 0) is 0 Å². The summed E-state index contributed by atoms with van der Waals surface area (Å²) in [6.45, 7) is 5.39. The molecule has 0 fully saturated rings. The van der Waals surface area contributed by atoms with E-state index in [9.17, 15) is 0 Å². The molecule has 0 spiro atoms. The fourth-order valence-electron chi connectivity index (χ4n) is 2.77. The molecule has 0 aromatic heterocycles. The van der Waals surface area contributed by atoms with Gasteiger partial charge < -0.3 is 4.74 Å². The van der Waals surface area contributed by atoms with Gasteiger partial charge >= 0.3 is 0 Å². The minimum atomic E-state index is 0.705. The number of hydrogen-bond donors (Lipinski definition) is 0. The summed E-state index contributed by atoms with van der Waals surface area (Å²) in [6.07, 6.45) is 7.77. The Morgan fingerprint density at radius 2 is 1.52 bits per heavy atom. The summed E-state index contributed by atoms with van der Waals surface area (Å²) >= 11 is 0. The highest BCUT2D eigenvalue weighted by Crippen LogP contribution is 2.23. The fraction of sp³-hybridized carbons (Fsp3) is 0.500. The average Bonchev–Trinajstić information content (AvgIpc) is 2.54. The lowest BCUT2D eigenvalue weighted by Crippen LogP contribution is -2.12. The van der Waals surface area contributed by atoms with Crippen molar-refractivity contribution in [1.82, 2.24) is 0 Å². The standard InChI is InChI=1S/C20H28O/c1-3-5-9-17(10-6-4-2)16-21-20-14-13-18-11-7-8-12-19(18)15-20/h7-8,11-15,17H,3-6,9-10,16H2,1-2H3. The predicted molar refractivity (Wildman–Crippen MR) is 92.0 cm³/mol. The van der Waals surface area contributed by atoms with E-state index in [0.29, 0.717) is 5.92 Å². The maximum atomic E-state index is 6.07. The normalized spacial score (nSPS) is 11.2. The van der Waals surface area contributed by atoms with Crippen molar-refractivity contribution in [3.05, 3.63) is 42.5 Å². The molecule has 0 saturated heterocycles. The predicted octanol–water partition coefficient (Wildman–Crippen LogP) is 6.22. The highest BCUT2D eigenvalue weighted by Gasteiger charge is 2.09. The van der Waals surface area contributed by atoms with Crippen molar-refractivity contribution in [2.75, 3.05) is 6.61 Å². The van der Waals surface area contributed by atoms with Crippen molar-refractivity contribution in [3.63, 3.8) is 0 Å². The van der Waals surface area contributed by atoms with Crippen LogP contribution in [0.15, 0.2) is 42.5 Å². The van der Waals surface area contributed by atoms with Gasteiger partial charge in [-0.3, -0.25) is 0 Å². The minimum absolute atomic E-state index is 0.705. The lowest BCUT2D eigenvalue weighted by atomic mass is 9.97. The molecule has 2 aromatic carbocycles. The van der Waals surface area contributed by atoms with Crippen LogP contribution in [0, 0.1) is 5.92 Å². The maximum Gasteiger partial charge on any atom is 0.119 e. The number of unbranched alkanes of at least 4 members (excludes halogenated alkanes) is 2. The fourth-order valence-corrected chi connectivity index (χ4v) is 2.77. The average molecular weight is 284 g/mol. The summed E-state index contributed by atoms with van der Waals surface area (Å²) in [4.78, 5) is 0. The van der Waals surface area contributed by atoms with Gasteiger partial charge in [0, 0.05) is 0 Å². The lowest BCUT2D eigenvalue weighted by Gasteiger charge is -2.17. The zero-order chi connectivity index (χ0) is 14.9. The summed E-state index contributed by atoms with van der Waals surface area (Å²) in [6, 6.07) is 14.9. The van der Waals surface area contributed by atoms with E-state index in [1.165, 1.54) is 49.3 Å². The van der Waals surface area contributed by atoms with Crippen molar-refractivity contribution in [1.29, 1.82) is 0 Å². The monoisotopic (exact) mass is 284 g/mol. The molecule has 0 aliphatic carbocycles. The van der Waals surface area contributed by atoms with Crippen molar-refractivity contribution >= 4 is 10.8 Å². The third kappa shape index (κ3) is 5.08. The van der Waals surface area contributed by atoms with Crippen LogP contribution in [0.25, 0.3) is 10.8 Å². The van der Waals surface area contributed by atoms with Crippen LogP contribution in [0.3, 0.4) is 0 Å². The Hall–Kier alpha value is -1.50. The van der Waals surface area contributed by atoms with Crippen LogP contribution in [-0.4, -0.2) is 6.61 Å². The second-order valence-corrected chi connectivity index (χ2v) is 5.97. The minimum Gasteiger partial charge on any atom is -0.493 e. The van der Waals surface area contributed by atoms with Gasteiger partial charge in [0.2, 0.25) is 0 Å². The first-order valence-corrected chi connectivity index (χ1v) is 8.45. The van der Waals surface area contributed by atoms with Crippen LogP contribution in [0.4, 0.5) is 0 Å². The smallest absolute Gasteiger partial charge is 0.119 e. The summed E-state index contributed by atoms with van der Waals surface area (Å²) < 4.78 is 6.07. The summed E-state index contributed by atoms with van der Waals surface area (Å²) in [5.74, 6) is 1.71. The van der Waals surface area contributed by atoms with Crippen molar-refractivity contribution < 1.29 is 4.74 Å². The Kier molecular flexibility index (Phi) is 6.59. The van der Waals surface area contributed by atoms with Crippen LogP contribution in [0.5, 0.6) is 5.75 Å². The highest BCUT2D eigenvalue weighted by atomic mass is 16.5. The molecule has 0 amide bonds. The Morgan fingerprint density at radius 3 is 2.19 bits per heavy atom. The first-order chi connectivity index (χ1) is 10.3. The molecule has 2 aromatic rings. The quantitative estimate of drug-likeness (QED) is 0.531. The molecule has 0 radical (unpaired) electrons. The summed E-state index contributed by atoms with van der Waals surface area (Å²) in [7, 11) is 0. The van der Waals surface area contributed by atoms with Crippen LogP contribution in [0.2, 0.25) is 0 Å². The van der Waals surface area contributed by atoms with E-state index >= 15 is 0 Å². The maximum absolute atomic E-state index is 6.07. The molecular formula is C20H28O. The van der Waals surface area contributed by atoms with Gasteiger partial charge in [-0.25, -0.2) is 0 Å². The topological polar surface area (TPSA) is 9.23 Å². The molecule has 0 aliphatic heterocycles. The van der Waals surface area contributed by atoms with Gasteiger partial charge in [-0.05, 0) is 41.7 Å². The molecule has 21 heavy (non-hydrogen) atoms. The van der Waals surface area contributed by atoms with Gasteiger partial charge in [-0.2, -0.15) is 0 Å². The first-order valence-electron chi connectivity index (χ1n) is 8.45. The van der Waals surface area contributed by atoms with Crippen LogP contribution >= 0.6 is 0 Å². The SMILES string of the molecule is CCCCC(CCCC)COc1ccc2ccccc2c1. The molecule has 0 unspecified atom stereocenters. The Balaban J connectivity index is 1.93. The van der Waals surface area contributed by atoms with E-state index in [2.05, 4.69) is 56.3 Å². The number of hydrogen-bond acceptors (Lipinski definition) is 1. The van der Waals surface area contributed by atoms with E-state index in [-0.39, 0.29) is 0 Å². The number of fused-ring (bicyclic) bond motifs is 1. The second-order valence-electron chi connectivity index (χ2n) is 5.97. The molecule has 114 valence electrons.